The summed E-state index contributed by atoms with van der Waals surface area (Å²) < 4.78 is 25.5. The zero-order valence-electron chi connectivity index (χ0n) is 19.8. The van der Waals surface area contributed by atoms with Gasteiger partial charge < -0.3 is 25.1 Å². The third kappa shape index (κ3) is 5.19. The number of benzene rings is 1. The summed E-state index contributed by atoms with van der Waals surface area (Å²) in [6.07, 6.45) is 3.06. The molecule has 0 spiro atoms. The summed E-state index contributed by atoms with van der Waals surface area (Å²) in [6.45, 7) is 2.90. The maximum absolute atomic E-state index is 13.6. The summed E-state index contributed by atoms with van der Waals surface area (Å²) in [4.78, 5) is 29.2. The van der Waals surface area contributed by atoms with Gasteiger partial charge in [0.1, 0.15) is 12.4 Å². The highest BCUT2D eigenvalue weighted by Crippen LogP contribution is 2.36. The third-order valence-corrected chi connectivity index (χ3v) is 6.20. The number of aromatic amines is 1. The van der Waals surface area contributed by atoms with Crippen LogP contribution in [0.5, 0.6) is 0 Å². The summed E-state index contributed by atoms with van der Waals surface area (Å²) in [6, 6.07) is 9.64. The summed E-state index contributed by atoms with van der Waals surface area (Å²) in [5, 5.41) is 14.7. The van der Waals surface area contributed by atoms with Gasteiger partial charge in [-0.1, -0.05) is 0 Å². The second-order valence-corrected chi connectivity index (χ2v) is 9.30. The second kappa shape index (κ2) is 10.0. The Hall–Kier alpha value is -3.88. The number of H-pyrrole nitrogens is 1. The van der Waals surface area contributed by atoms with Crippen LogP contribution in [0.1, 0.15) is 31.9 Å². The van der Waals surface area contributed by atoms with E-state index in [0.29, 0.717) is 40.9 Å². The smallest absolute Gasteiger partial charge is 0.230 e. The quantitative estimate of drug-likeness (QED) is 0.409. The molecular weight excluding hydrogens is 465 g/mol. The summed E-state index contributed by atoms with van der Waals surface area (Å²) in [5.74, 6) is 0.820. The van der Waals surface area contributed by atoms with Crippen LogP contribution in [-0.2, 0) is 14.3 Å². The van der Waals surface area contributed by atoms with Gasteiger partial charge >= 0.3 is 0 Å². The van der Waals surface area contributed by atoms with Crippen LogP contribution in [0, 0.1) is 28.5 Å². The average molecular weight is 492 g/mol. The highest BCUT2D eigenvalue weighted by Gasteiger charge is 2.41. The number of carbonyl (C=O) groups excluding carboxylic acids is 1. The van der Waals surface area contributed by atoms with Crippen molar-refractivity contribution in [3.63, 3.8) is 0 Å². The van der Waals surface area contributed by atoms with E-state index in [1.807, 2.05) is 13.0 Å². The van der Waals surface area contributed by atoms with E-state index in [2.05, 4.69) is 25.6 Å². The van der Waals surface area contributed by atoms with Crippen LogP contribution in [0.15, 0.2) is 36.5 Å². The zero-order chi connectivity index (χ0) is 25.1. The molecule has 1 aliphatic carbocycles. The van der Waals surface area contributed by atoms with Gasteiger partial charge in [-0.05, 0) is 56.0 Å². The van der Waals surface area contributed by atoms with Gasteiger partial charge in [0.05, 0.1) is 41.8 Å². The number of ether oxygens (including phenoxy) is 2. The SMILES string of the molecule is CC1(C(=O)NCC2CC2)COC(c2nc(-c3ccc(F)cc3)c(-c3ccnc(NCC#N)n3)[nH]2)OC1. The fourth-order valence-electron chi connectivity index (χ4n) is 3.88. The fourth-order valence-corrected chi connectivity index (χ4v) is 3.88. The van der Waals surface area contributed by atoms with Gasteiger partial charge in [-0.3, -0.25) is 4.79 Å². The van der Waals surface area contributed by atoms with Crippen LogP contribution in [-0.4, -0.2) is 52.1 Å². The van der Waals surface area contributed by atoms with E-state index < -0.39 is 11.7 Å². The number of aromatic nitrogens is 4. The van der Waals surface area contributed by atoms with Crippen molar-refractivity contribution in [3.8, 4) is 28.7 Å². The van der Waals surface area contributed by atoms with Crippen molar-refractivity contribution >= 4 is 11.9 Å². The minimum atomic E-state index is -0.819. The van der Waals surface area contributed by atoms with Crippen LogP contribution in [0.4, 0.5) is 10.3 Å². The molecule has 1 saturated carbocycles. The van der Waals surface area contributed by atoms with E-state index in [4.69, 9.17) is 19.7 Å². The lowest BCUT2D eigenvalue weighted by Gasteiger charge is -2.35. The van der Waals surface area contributed by atoms with Gasteiger partial charge in [-0.2, -0.15) is 5.26 Å². The standard InChI is InChI=1S/C25H26FN7O3/c1-25(23(34)30-12-15-2-3-15)13-35-22(36-14-25)21-32-19(16-4-6-17(26)7-5-16)20(33-21)18-8-10-28-24(31-18)29-11-9-27/h4-8,10,15,22H,2-3,11-14H2,1H3,(H,30,34)(H,32,33)(H,28,29,31). The lowest BCUT2D eigenvalue weighted by Crippen LogP contribution is -2.49. The highest BCUT2D eigenvalue weighted by atomic mass is 19.1. The molecule has 1 amide bonds. The lowest BCUT2D eigenvalue weighted by atomic mass is 9.91. The molecule has 1 aliphatic heterocycles. The second-order valence-electron chi connectivity index (χ2n) is 9.30. The molecule has 2 aliphatic rings. The number of carbonyl (C=O) groups is 1. The Labute approximate surface area is 207 Å². The normalized spacial score (nSPS) is 21.5. The molecule has 3 aromatic rings. The number of nitrogens with one attached hydrogen (secondary N) is 3. The average Bonchev–Trinajstić information content (AvgIpc) is 3.63. The first kappa shape index (κ1) is 23.8. The zero-order valence-corrected chi connectivity index (χ0v) is 19.8. The Morgan fingerprint density at radius 2 is 1.97 bits per heavy atom. The van der Waals surface area contributed by atoms with Crippen molar-refractivity contribution in [3.05, 3.63) is 48.2 Å². The number of imidazole rings is 1. The molecule has 3 N–H and O–H groups in total. The highest BCUT2D eigenvalue weighted by molar-refractivity contribution is 5.82. The monoisotopic (exact) mass is 491 g/mol. The first-order valence-corrected chi connectivity index (χ1v) is 11.8. The minimum Gasteiger partial charge on any atom is -0.355 e. The van der Waals surface area contributed by atoms with Crippen molar-refractivity contribution in [2.75, 3.05) is 31.6 Å². The number of nitriles is 1. The van der Waals surface area contributed by atoms with Crippen molar-refractivity contribution in [2.45, 2.75) is 26.1 Å². The number of rotatable bonds is 8. The molecule has 1 saturated heterocycles. The van der Waals surface area contributed by atoms with Crippen molar-refractivity contribution in [1.29, 1.82) is 5.26 Å². The van der Waals surface area contributed by atoms with E-state index in [1.54, 1.807) is 24.4 Å². The molecule has 0 bridgehead atoms. The number of hydrogen-bond donors (Lipinski definition) is 3. The molecule has 36 heavy (non-hydrogen) atoms. The molecule has 3 heterocycles. The maximum Gasteiger partial charge on any atom is 0.230 e. The van der Waals surface area contributed by atoms with Crippen LogP contribution in [0.25, 0.3) is 22.6 Å². The number of amides is 1. The van der Waals surface area contributed by atoms with Gasteiger partial charge in [-0.15, -0.1) is 0 Å². The van der Waals surface area contributed by atoms with E-state index in [1.165, 1.54) is 12.1 Å². The van der Waals surface area contributed by atoms with E-state index >= 15 is 0 Å². The third-order valence-electron chi connectivity index (χ3n) is 6.20. The van der Waals surface area contributed by atoms with Crippen molar-refractivity contribution in [1.82, 2.24) is 25.3 Å². The Bertz CT molecular complexity index is 1280. The first-order chi connectivity index (χ1) is 17.4. The molecule has 0 unspecified atom stereocenters. The summed E-state index contributed by atoms with van der Waals surface area (Å²) in [7, 11) is 0. The van der Waals surface area contributed by atoms with Crippen LogP contribution >= 0.6 is 0 Å². The molecule has 186 valence electrons. The largest absolute Gasteiger partial charge is 0.355 e. The van der Waals surface area contributed by atoms with Crippen LogP contribution < -0.4 is 10.6 Å². The number of nitrogens with zero attached hydrogens (tertiary/aromatic N) is 4. The van der Waals surface area contributed by atoms with Gasteiger partial charge in [0.15, 0.2) is 5.82 Å². The molecule has 11 heteroatoms. The lowest BCUT2D eigenvalue weighted by molar-refractivity contribution is -0.231. The number of anilines is 1. The maximum atomic E-state index is 13.6. The Kier molecular flexibility index (Phi) is 6.63. The molecule has 2 aromatic heterocycles. The number of halogens is 1. The summed E-state index contributed by atoms with van der Waals surface area (Å²) in [5.41, 5.74) is 1.47. The number of hydrogen-bond acceptors (Lipinski definition) is 8. The topological polar surface area (TPSA) is 138 Å². The van der Waals surface area contributed by atoms with Crippen LogP contribution in [0.2, 0.25) is 0 Å². The predicted octanol–water partition coefficient (Wildman–Crippen LogP) is 3.19. The fraction of sp³-hybridized carbons (Fsp3) is 0.400. The van der Waals surface area contributed by atoms with E-state index in [9.17, 15) is 9.18 Å². The van der Waals surface area contributed by atoms with Crippen LogP contribution in [0.3, 0.4) is 0 Å². The van der Waals surface area contributed by atoms with Gasteiger partial charge in [0.25, 0.3) is 0 Å². The van der Waals surface area contributed by atoms with Gasteiger partial charge in [0, 0.05) is 18.3 Å². The van der Waals surface area contributed by atoms with E-state index in [-0.39, 0.29) is 37.4 Å². The first-order valence-electron chi connectivity index (χ1n) is 11.8. The molecule has 2 fully saturated rings. The Balaban J connectivity index is 1.40. The minimum absolute atomic E-state index is 0.0548. The van der Waals surface area contributed by atoms with Gasteiger partial charge in [-0.25, -0.2) is 19.3 Å². The molecule has 5 rings (SSSR count). The predicted molar refractivity (Wildman–Crippen MR) is 128 cm³/mol. The molecule has 10 nitrogen and oxygen atoms in total. The van der Waals surface area contributed by atoms with E-state index in [0.717, 1.165) is 12.8 Å². The Morgan fingerprint density at radius 3 is 2.67 bits per heavy atom. The van der Waals surface area contributed by atoms with Crippen molar-refractivity contribution in [2.24, 2.45) is 11.3 Å². The molecule has 0 atom stereocenters. The molecule has 1 aromatic carbocycles. The van der Waals surface area contributed by atoms with Crippen molar-refractivity contribution < 1.29 is 18.7 Å². The molecular formula is C25H26FN7O3. The van der Waals surface area contributed by atoms with Gasteiger partial charge in [0.2, 0.25) is 18.1 Å². The summed E-state index contributed by atoms with van der Waals surface area (Å²) >= 11 is 0. The molecule has 0 radical (unpaired) electrons. The Morgan fingerprint density at radius 1 is 1.22 bits per heavy atom.